The van der Waals surface area contributed by atoms with Crippen molar-refractivity contribution in [2.24, 2.45) is 0 Å². The van der Waals surface area contributed by atoms with Crippen molar-refractivity contribution in [1.82, 2.24) is 9.88 Å². The summed E-state index contributed by atoms with van der Waals surface area (Å²) >= 11 is 0. The Morgan fingerprint density at radius 1 is 1.10 bits per heavy atom. The van der Waals surface area contributed by atoms with Crippen LogP contribution in [-0.2, 0) is 16.1 Å². The number of aromatic nitrogens is 1. The second kappa shape index (κ2) is 8.45. The molecule has 29 heavy (non-hydrogen) atoms. The zero-order chi connectivity index (χ0) is 20.2. The van der Waals surface area contributed by atoms with E-state index < -0.39 is 5.97 Å². The Labute approximate surface area is 167 Å². The van der Waals surface area contributed by atoms with Crippen molar-refractivity contribution in [3.8, 4) is 0 Å². The van der Waals surface area contributed by atoms with Gasteiger partial charge >= 0.3 is 5.97 Å². The molecule has 0 unspecified atom stereocenters. The van der Waals surface area contributed by atoms with E-state index in [1.807, 2.05) is 24.3 Å². The van der Waals surface area contributed by atoms with Crippen LogP contribution in [0.4, 0.5) is 0 Å². The standard InChI is InChI=1S/C22H22N2O5/c25-13-15-5-7-17(8-6-15)22(27)28-14-20(26)24-11-9-16(10-12-24)21-23-18-3-1-2-4-19(18)29-21/h1-8,16,25H,9-14H2. The number of ether oxygens (including phenoxy) is 1. The van der Waals surface area contributed by atoms with Crippen LogP contribution in [0.3, 0.4) is 0 Å². The van der Waals surface area contributed by atoms with Crippen molar-refractivity contribution in [3.05, 3.63) is 65.5 Å². The van der Waals surface area contributed by atoms with Gasteiger partial charge in [-0.2, -0.15) is 0 Å². The van der Waals surface area contributed by atoms with Crippen LogP contribution in [0, 0.1) is 0 Å². The number of carbonyl (C=O) groups is 2. The number of amides is 1. The molecule has 2 aromatic carbocycles. The number of esters is 1. The third-order valence-corrected chi connectivity index (χ3v) is 5.21. The molecule has 1 aromatic heterocycles. The number of benzene rings is 2. The lowest BCUT2D eigenvalue weighted by Gasteiger charge is -2.30. The largest absolute Gasteiger partial charge is 0.452 e. The lowest BCUT2D eigenvalue weighted by molar-refractivity contribution is -0.135. The van der Waals surface area contributed by atoms with Crippen molar-refractivity contribution in [2.75, 3.05) is 19.7 Å². The van der Waals surface area contributed by atoms with E-state index in [0.29, 0.717) is 24.2 Å². The predicted octanol–water partition coefficient (Wildman–Crippen LogP) is 2.88. The summed E-state index contributed by atoms with van der Waals surface area (Å²) in [6.07, 6.45) is 1.52. The molecule has 4 rings (SSSR count). The van der Waals surface area contributed by atoms with E-state index in [0.717, 1.165) is 29.8 Å². The summed E-state index contributed by atoms with van der Waals surface area (Å²) in [7, 11) is 0. The van der Waals surface area contributed by atoms with Crippen LogP contribution in [0.5, 0.6) is 0 Å². The second-order valence-corrected chi connectivity index (χ2v) is 7.11. The molecular weight excluding hydrogens is 372 g/mol. The number of hydrogen-bond acceptors (Lipinski definition) is 6. The molecule has 0 aliphatic carbocycles. The van der Waals surface area contributed by atoms with Gasteiger partial charge in [-0.15, -0.1) is 0 Å². The SMILES string of the molecule is O=C(OCC(=O)N1CCC(c2nc3ccccc3o2)CC1)c1ccc(CO)cc1. The highest BCUT2D eigenvalue weighted by Gasteiger charge is 2.27. The van der Waals surface area contributed by atoms with Crippen LogP contribution in [0.25, 0.3) is 11.1 Å². The van der Waals surface area contributed by atoms with Gasteiger partial charge in [-0.25, -0.2) is 9.78 Å². The topological polar surface area (TPSA) is 92.9 Å². The maximum absolute atomic E-state index is 12.4. The number of carbonyl (C=O) groups excluding carboxylic acids is 2. The van der Waals surface area contributed by atoms with E-state index in [4.69, 9.17) is 14.3 Å². The van der Waals surface area contributed by atoms with Gasteiger partial charge in [-0.3, -0.25) is 4.79 Å². The fraction of sp³-hybridized carbons (Fsp3) is 0.318. The summed E-state index contributed by atoms with van der Waals surface area (Å²) in [5.74, 6) is 0.139. The smallest absolute Gasteiger partial charge is 0.338 e. The summed E-state index contributed by atoms with van der Waals surface area (Å²) in [5, 5.41) is 9.04. The molecule has 1 amide bonds. The first kappa shape index (κ1) is 19.1. The first-order valence-electron chi connectivity index (χ1n) is 9.64. The molecule has 0 saturated carbocycles. The molecule has 1 fully saturated rings. The van der Waals surface area contributed by atoms with Crippen LogP contribution in [0.2, 0.25) is 0 Å². The number of likely N-dealkylation sites (tertiary alicyclic amines) is 1. The number of oxazole rings is 1. The number of para-hydroxylation sites is 2. The fourth-order valence-corrected chi connectivity index (χ4v) is 3.49. The molecule has 1 saturated heterocycles. The van der Waals surface area contributed by atoms with Gasteiger partial charge in [-0.1, -0.05) is 24.3 Å². The van der Waals surface area contributed by atoms with Crippen LogP contribution >= 0.6 is 0 Å². The summed E-state index contributed by atoms with van der Waals surface area (Å²) in [4.78, 5) is 30.7. The molecular formula is C22H22N2O5. The molecule has 150 valence electrons. The van der Waals surface area contributed by atoms with E-state index in [9.17, 15) is 9.59 Å². The molecule has 0 spiro atoms. The van der Waals surface area contributed by atoms with Gasteiger partial charge in [0.25, 0.3) is 5.91 Å². The number of aliphatic hydroxyl groups is 1. The Kier molecular flexibility index (Phi) is 5.57. The molecule has 3 aromatic rings. The first-order valence-corrected chi connectivity index (χ1v) is 9.64. The molecule has 7 heteroatoms. The zero-order valence-corrected chi connectivity index (χ0v) is 15.9. The molecule has 0 radical (unpaired) electrons. The summed E-state index contributed by atoms with van der Waals surface area (Å²) in [5.41, 5.74) is 2.68. The minimum atomic E-state index is -0.552. The van der Waals surface area contributed by atoms with Gasteiger partial charge in [0, 0.05) is 19.0 Å². The van der Waals surface area contributed by atoms with Crippen molar-refractivity contribution in [2.45, 2.75) is 25.4 Å². The number of fused-ring (bicyclic) bond motifs is 1. The molecule has 1 aliphatic heterocycles. The highest BCUT2D eigenvalue weighted by Crippen LogP contribution is 2.29. The molecule has 2 heterocycles. The third kappa shape index (κ3) is 4.30. The van der Waals surface area contributed by atoms with Gasteiger partial charge in [0.05, 0.1) is 12.2 Å². The average molecular weight is 394 g/mol. The monoisotopic (exact) mass is 394 g/mol. The summed E-state index contributed by atoms with van der Waals surface area (Å²) in [6.45, 7) is 0.775. The van der Waals surface area contributed by atoms with Gasteiger partial charge < -0.3 is 19.2 Å². The van der Waals surface area contributed by atoms with Crippen LogP contribution in [-0.4, -0.2) is 46.6 Å². The number of nitrogens with zero attached hydrogens (tertiary/aromatic N) is 2. The van der Waals surface area contributed by atoms with Crippen molar-refractivity contribution in [3.63, 3.8) is 0 Å². The van der Waals surface area contributed by atoms with Gasteiger partial charge in [0.2, 0.25) is 0 Å². The average Bonchev–Trinajstić information content (AvgIpc) is 3.22. The van der Waals surface area contributed by atoms with E-state index >= 15 is 0 Å². The van der Waals surface area contributed by atoms with Gasteiger partial charge in [0.1, 0.15) is 5.52 Å². The quantitative estimate of drug-likeness (QED) is 0.669. The normalized spacial score (nSPS) is 14.9. The van der Waals surface area contributed by atoms with Crippen molar-refractivity contribution >= 4 is 23.0 Å². The molecule has 0 bridgehead atoms. The lowest BCUT2D eigenvalue weighted by atomic mass is 9.97. The Balaban J connectivity index is 1.27. The fourth-order valence-electron chi connectivity index (χ4n) is 3.49. The van der Waals surface area contributed by atoms with E-state index in [-0.39, 0.29) is 25.0 Å². The highest BCUT2D eigenvalue weighted by molar-refractivity contribution is 5.91. The third-order valence-electron chi connectivity index (χ3n) is 5.21. The first-order chi connectivity index (χ1) is 14.1. The highest BCUT2D eigenvalue weighted by atomic mass is 16.5. The number of rotatable bonds is 5. The van der Waals surface area contributed by atoms with Gasteiger partial charge in [-0.05, 0) is 42.7 Å². The van der Waals surface area contributed by atoms with E-state index in [2.05, 4.69) is 4.98 Å². The Hall–Kier alpha value is -3.19. The Morgan fingerprint density at radius 3 is 2.52 bits per heavy atom. The Morgan fingerprint density at radius 2 is 1.83 bits per heavy atom. The van der Waals surface area contributed by atoms with Crippen LogP contribution in [0.15, 0.2) is 52.9 Å². The predicted molar refractivity (Wildman–Crippen MR) is 105 cm³/mol. The lowest BCUT2D eigenvalue weighted by Crippen LogP contribution is -2.40. The van der Waals surface area contributed by atoms with Crippen molar-refractivity contribution < 1.29 is 23.8 Å². The second-order valence-electron chi connectivity index (χ2n) is 7.11. The minimum absolute atomic E-state index is 0.0900. The van der Waals surface area contributed by atoms with E-state index in [1.54, 1.807) is 29.2 Å². The van der Waals surface area contributed by atoms with Gasteiger partial charge in [0.15, 0.2) is 18.1 Å². The van der Waals surface area contributed by atoms with E-state index in [1.165, 1.54) is 0 Å². The maximum Gasteiger partial charge on any atom is 0.338 e. The number of hydrogen-bond donors (Lipinski definition) is 1. The molecule has 1 N–H and O–H groups in total. The summed E-state index contributed by atoms with van der Waals surface area (Å²) < 4.78 is 11.0. The molecule has 7 nitrogen and oxygen atoms in total. The number of aliphatic hydroxyl groups excluding tert-OH is 1. The number of piperidine rings is 1. The maximum atomic E-state index is 12.4. The Bertz CT molecular complexity index is 970. The molecule has 0 atom stereocenters. The minimum Gasteiger partial charge on any atom is -0.452 e. The molecule has 1 aliphatic rings. The zero-order valence-electron chi connectivity index (χ0n) is 15.9. The van der Waals surface area contributed by atoms with Crippen molar-refractivity contribution in [1.29, 1.82) is 0 Å². The summed E-state index contributed by atoms with van der Waals surface area (Å²) in [6, 6.07) is 14.1. The van der Waals surface area contributed by atoms with Crippen LogP contribution in [0.1, 0.15) is 40.6 Å². The van der Waals surface area contributed by atoms with Crippen LogP contribution < -0.4 is 0 Å².